The summed E-state index contributed by atoms with van der Waals surface area (Å²) < 4.78 is 5.12. The molecule has 166 valence electrons. The summed E-state index contributed by atoms with van der Waals surface area (Å²) in [4.78, 5) is 42.8. The van der Waals surface area contributed by atoms with Crippen LogP contribution in [0.25, 0.3) is 0 Å². The van der Waals surface area contributed by atoms with Gasteiger partial charge in [0.2, 0.25) is 5.91 Å². The zero-order valence-electron chi connectivity index (χ0n) is 18.7. The fourth-order valence-corrected chi connectivity index (χ4v) is 4.85. The molecule has 7 heteroatoms. The molecule has 7 nitrogen and oxygen atoms in total. The lowest BCUT2D eigenvalue weighted by atomic mass is 9.84. The normalized spacial score (nSPS) is 19.0. The van der Waals surface area contributed by atoms with Gasteiger partial charge >= 0.3 is 5.97 Å². The molecule has 0 unspecified atom stereocenters. The Balaban J connectivity index is 1.58. The zero-order chi connectivity index (χ0) is 21.8. The van der Waals surface area contributed by atoms with Gasteiger partial charge in [0.1, 0.15) is 5.69 Å². The van der Waals surface area contributed by atoms with Gasteiger partial charge in [-0.2, -0.15) is 0 Å². The minimum absolute atomic E-state index is 0.0345. The highest BCUT2D eigenvalue weighted by Gasteiger charge is 2.33. The third-order valence-corrected chi connectivity index (χ3v) is 6.78. The minimum atomic E-state index is -0.399. The highest BCUT2D eigenvalue weighted by atomic mass is 16.5. The van der Waals surface area contributed by atoms with Crippen LogP contribution in [0.3, 0.4) is 0 Å². The van der Waals surface area contributed by atoms with E-state index in [-0.39, 0.29) is 23.7 Å². The molecule has 1 saturated carbocycles. The molecule has 2 amide bonds. The predicted molar refractivity (Wildman–Crippen MR) is 114 cm³/mol. The van der Waals surface area contributed by atoms with Gasteiger partial charge in [0.15, 0.2) is 0 Å². The number of hydrogen-bond acceptors (Lipinski definition) is 4. The van der Waals surface area contributed by atoms with Gasteiger partial charge in [-0.1, -0.05) is 19.8 Å². The first-order valence-corrected chi connectivity index (χ1v) is 11.3. The van der Waals surface area contributed by atoms with E-state index in [1.807, 2.05) is 11.8 Å². The highest BCUT2D eigenvalue weighted by Crippen LogP contribution is 2.28. The van der Waals surface area contributed by atoms with Gasteiger partial charge in [-0.3, -0.25) is 9.59 Å². The summed E-state index contributed by atoms with van der Waals surface area (Å²) in [5, 5.41) is 3.20. The van der Waals surface area contributed by atoms with Crippen molar-refractivity contribution in [3.63, 3.8) is 0 Å². The number of nitrogens with zero attached hydrogens (tertiary/aromatic N) is 1. The van der Waals surface area contributed by atoms with E-state index in [1.54, 1.807) is 20.8 Å². The van der Waals surface area contributed by atoms with E-state index < -0.39 is 5.97 Å². The summed E-state index contributed by atoms with van der Waals surface area (Å²) in [6, 6.07) is 0.342. The predicted octanol–water partition coefficient (Wildman–Crippen LogP) is 3.36. The fraction of sp³-hybridized carbons (Fsp3) is 0.696. The molecule has 0 aromatic carbocycles. The van der Waals surface area contributed by atoms with Gasteiger partial charge in [-0.05, 0) is 57.9 Å². The van der Waals surface area contributed by atoms with Crippen molar-refractivity contribution in [1.82, 2.24) is 15.2 Å². The average molecular weight is 418 g/mol. The Kier molecular flexibility index (Phi) is 7.21. The summed E-state index contributed by atoms with van der Waals surface area (Å²) in [5.41, 5.74) is 2.21. The van der Waals surface area contributed by atoms with Crippen molar-refractivity contribution in [2.24, 2.45) is 11.8 Å². The molecular formula is C23H35N3O4. The quantitative estimate of drug-likeness (QED) is 0.695. The van der Waals surface area contributed by atoms with Crippen molar-refractivity contribution in [3.8, 4) is 0 Å². The van der Waals surface area contributed by atoms with Crippen molar-refractivity contribution < 1.29 is 19.1 Å². The molecule has 0 bridgehead atoms. The largest absolute Gasteiger partial charge is 0.462 e. The molecule has 1 atom stereocenters. The van der Waals surface area contributed by atoms with Crippen LogP contribution in [0, 0.1) is 25.7 Å². The summed E-state index contributed by atoms with van der Waals surface area (Å²) in [5.74, 6) is -0.0809. The molecule has 0 radical (unpaired) electrons. The first kappa shape index (κ1) is 22.4. The molecule has 2 N–H and O–H groups in total. The van der Waals surface area contributed by atoms with E-state index in [4.69, 9.17) is 4.74 Å². The van der Waals surface area contributed by atoms with E-state index in [2.05, 4.69) is 10.3 Å². The van der Waals surface area contributed by atoms with Crippen LogP contribution in [0.4, 0.5) is 0 Å². The van der Waals surface area contributed by atoms with Crippen molar-refractivity contribution in [2.75, 3.05) is 19.7 Å². The van der Waals surface area contributed by atoms with Crippen molar-refractivity contribution in [2.45, 2.75) is 72.3 Å². The van der Waals surface area contributed by atoms with Crippen LogP contribution in [0.5, 0.6) is 0 Å². The molecule has 1 aliphatic carbocycles. The first-order valence-electron chi connectivity index (χ1n) is 11.3. The van der Waals surface area contributed by atoms with Crippen LogP contribution in [-0.4, -0.2) is 53.4 Å². The zero-order valence-corrected chi connectivity index (χ0v) is 18.7. The molecule has 1 saturated heterocycles. The van der Waals surface area contributed by atoms with Gasteiger partial charge in [0, 0.05) is 30.7 Å². The Hall–Kier alpha value is -2.31. The maximum Gasteiger partial charge on any atom is 0.340 e. The summed E-state index contributed by atoms with van der Waals surface area (Å²) in [6.07, 6.45) is 6.22. The number of aromatic nitrogens is 1. The van der Waals surface area contributed by atoms with Gasteiger partial charge in [0.25, 0.3) is 5.91 Å². The lowest BCUT2D eigenvalue weighted by Crippen LogP contribution is -2.44. The molecule has 3 rings (SSSR count). The molecule has 1 aromatic rings. The smallest absolute Gasteiger partial charge is 0.340 e. The monoisotopic (exact) mass is 417 g/mol. The van der Waals surface area contributed by atoms with E-state index in [9.17, 15) is 14.4 Å². The Morgan fingerprint density at radius 2 is 1.77 bits per heavy atom. The maximum atomic E-state index is 13.1. The second-order valence-electron chi connectivity index (χ2n) is 8.75. The van der Waals surface area contributed by atoms with E-state index in [1.165, 1.54) is 12.8 Å². The third-order valence-electron chi connectivity index (χ3n) is 6.78. The van der Waals surface area contributed by atoms with E-state index in [0.29, 0.717) is 48.3 Å². The van der Waals surface area contributed by atoms with Crippen LogP contribution in [0.2, 0.25) is 0 Å². The number of hydrogen-bond donors (Lipinski definition) is 2. The second kappa shape index (κ2) is 9.67. The lowest BCUT2D eigenvalue weighted by Gasteiger charge is -2.34. The van der Waals surface area contributed by atoms with Crippen LogP contribution >= 0.6 is 0 Å². The molecule has 1 aromatic heterocycles. The molecule has 0 spiro atoms. The Morgan fingerprint density at radius 3 is 2.37 bits per heavy atom. The number of aryl methyl sites for hydroxylation is 1. The standard InChI is InChI=1S/C23H35N3O4/c1-5-30-23(29)19-15(3)20(24-16(19)4)22(28)26-12-10-17(11-13-26)14(2)21(27)25-18-8-6-7-9-18/h14,17-18,24H,5-13H2,1-4H3,(H,25,27)/t14-/m0/s1. The SMILES string of the molecule is CCOC(=O)c1c(C)[nH]c(C(=O)N2CCC([C@H](C)C(=O)NC3CCCC3)CC2)c1C. The van der Waals surface area contributed by atoms with E-state index >= 15 is 0 Å². The molecule has 2 fully saturated rings. The average Bonchev–Trinajstić information content (AvgIpc) is 3.34. The van der Waals surface area contributed by atoms with Gasteiger partial charge < -0.3 is 19.9 Å². The first-order chi connectivity index (χ1) is 14.3. The van der Waals surface area contributed by atoms with Crippen LogP contribution in [-0.2, 0) is 9.53 Å². The number of amides is 2. The number of likely N-dealkylation sites (tertiary alicyclic amines) is 1. The highest BCUT2D eigenvalue weighted by molar-refractivity contribution is 6.00. The van der Waals surface area contributed by atoms with Crippen LogP contribution < -0.4 is 5.32 Å². The summed E-state index contributed by atoms with van der Waals surface area (Å²) in [7, 11) is 0. The fourth-order valence-electron chi connectivity index (χ4n) is 4.85. The molecular weight excluding hydrogens is 382 g/mol. The summed E-state index contributed by atoms with van der Waals surface area (Å²) >= 11 is 0. The topological polar surface area (TPSA) is 91.5 Å². The summed E-state index contributed by atoms with van der Waals surface area (Å²) in [6.45, 7) is 8.88. The molecule has 1 aliphatic heterocycles. The Labute approximate surface area is 178 Å². The van der Waals surface area contributed by atoms with E-state index in [0.717, 1.165) is 25.7 Å². The van der Waals surface area contributed by atoms with Crippen molar-refractivity contribution >= 4 is 17.8 Å². The number of piperidine rings is 1. The third kappa shape index (κ3) is 4.71. The number of ether oxygens (including phenoxy) is 1. The number of aromatic amines is 1. The second-order valence-corrected chi connectivity index (χ2v) is 8.75. The number of rotatable bonds is 6. The number of esters is 1. The number of nitrogens with one attached hydrogen (secondary N) is 2. The van der Waals surface area contributed by atoms with Crippen LogP contribution in [0.1, 0.15) is 84.5 Å². The van der Waals surface area contributed by atoms with Crippen molar-refractivity contribution in [3.05, 3.63) is 22.5 Å². The van der Waals surface area contributed by atoms with Crippen molar-refractivity contribution in [1.29, 1.82) is 0 Å². The number of carbonyl (C=O) groups excluding carboxylic acids is 3. The minimum Gasteiger partial charge on any atom is -0.462 e. The lowest BCUT2D eigenvalue weighted by molar-refractivity contribution is -0.127. The number of carbonyl (C=O) groups is 3. The van der Waals surface area contributed by atoms with Gasteiger partial charge in [-0.15, -0.1) is 0 Å². The Morgan fingerprint density at radius 1 is 1.13 bits per heavy atom. The molecule has 2 heterocycles. The van der Waals surface area contributed by atoms with Crippen LogP contribution in [0.15, 0.2) is 0 Å². The maximum absolute atomic E-state index is 13.1. The molecule has 2 aliphatic rings. The molecule has 30 heavy (non-hydrogen) atoms. The van der Waals surface area contributed by atoms with Gasteiger partial charge in [-0.25, -0.2) is 4.79 Å². The number of H-pyrrole nitrogens is 1. The Bertz CT molecular complexity index is 787. The van der Waals surface area contributed by atoms with Gasteiger partial charge in [0.05, 0.1) is 12.2 Å².